The summed E-state index contributed by atoms with van der Waals surface area (Å²) in [6.07, 6.45) is 2.84. The lowest BCUT2D eigenvalue weighted by Crippen LogP contribution is -2.34. The summed E-state index contributed by atoms with van der Waals surface area (Å²) >= 11 is 0. The summed E-state index contributed by atoms with van der Waals surface area (Å²) in [5, 5.41) is 8.78. The first kappa shape index (κ1) is 15.3. The number of carbonyl (C=O) groups is 2. The molecule has 0 radical (unpaired) electrons. The summed E-state index contributed by atoms with van der Waals surface area (Å²) in [5.74, 6) is 5.66. The van der Waals surface area contributed by atoms with E-state index in [4.69, 9.17) is 5.11 Å². The zero-order chi connectivity index (χ0) is 15.1. The van der Waals surface area contributed by atoms with Crippen LogP contribution in [0.15, 0.2) is 24.3 Å². The van der Waals surface area contributed by atoms with E-state index in [1.165, 1.54) is 4.90 Å². The molecule has 0 aliphatic carbocycles. The first-order valence-electron chi connectivity index (χ1n) is 7.23. The van der Waals surface area contributed by atoms with Crippen molar-refractivity contribution in [2.75, 3.05) is 6.61 Å². The van der Waals surface area contributed by atoms with Crippen LogP contribution in [0.1, 0.15) is 43.2 Å². The lowest BCUT2D eigenvalue weighted by molar-refractivity contribution is -0.144. The highest BCUT2D eigenvalue weighted by molar-refractivity contribution is 5.96. The molecular formula is C17H19NO3. The number of nitrogens with zero attached hydrogens (tertiary/aromatic N) is 1. The molecular weight excluding hydrogens is 266 g/mol. The molecule has 110 valence electrons. The van der Waals surface area contributed by atoms with Gasteiger partial charge in [0.2, 0.25) is 11.8 Å². The molecule has 2 amide bonds. The van der Waals surface area contributed by atoms with Crippen molar-refractivity contribution in [1.29, 1.82) is 0 Å². The van der Waals surface area contributed by atoms with Crippen molar-refractivity contribution in [3.8, 4) is 11.8 Å². The van der Waals surface area contributed by atoms with Gasteiger partial charge in [-0.15, -0.1) is 0 Å². The predicted molar refractivity (Wildman–Crippen MR) is 79.0 cm³/mol. The van der Waals surface area contributed by atoms with E-state index in [-0.39, 0.29) is 25.0 Å². The molecule has 1 saturated heterocycles. The fourth-order valence-electron chi connectivity index (χ4n) is 2.30. The molecule has 1 N–H and O–H groups in total. The molecule has 4 heteroatoms. The third-order valence-electron chi connectivity index (χ3n) is 3.44. The van der Waals surface area contributed by atoms with Gasteiger partial charge in [-0.2, -0.15) is 0 Å². The second-order valence-corrected chi connectivity index (χ2v) is 5.01. The van der Waals surface area contributed by atoms with Crippen LogP contribution in [0.3, 0.4) is 0 Å². The molecule has 1 heterocycles. The van der Waals surface area contributed by atoms with Crippen molar-refractivity contribution in [2.45, 2.75) is 38.6 Å². The number of hydrogen-bond acceptors (Lipinski definition) is 3. The fraction of sp³-hybridized carbons (Fsp3) is 0.412. The zero-order valence-corrected chi connectivity index (χ0v) is 12.0. The van der Waals surface area contributed by atoms with Gasteiger partial charge >= 0.3 is 0 Å². The minimum atomic E-state index is -0.101. The fourth-order valence-corrected chi connectivity index (χ4v) is 2.30. The number of amides is 2. The molecule has 1 aromatic carbocycles. The van der Waals surface area contributed by atoms with Gasteiger partial charge in [-0.1, -0.05) is 30.0 Å². The molecule has 0 bridgehead atoms. The Morgan fingerprint density at radius 1 is 1.10 bits per heavy atom. The summed E-state index contributed by atoms with van der Waals surface area (Å²) in [4.78, 5) is 25.4. The smallest absolute Gasteiger partial charge is 0.229 e. The molecule has 0 saturated carbocycles. The Morgan fingerprint density at radius 2 is 1.76 bits per heavy atom. The second-order valence-electron chi connectivity index (χ2n) is 5.01. The van der Waals surface area contributed by atoms with Gasteiger partial charge in [0.15, 0.2) is 0 Å². The molecule has 1 aliphatic heterocycles. The van der Waals surface area contributed by atoms with E-state index in [0.29, 0.717) is 19.3 Å². The number of rotatable bonds is 3. The maximum atomic E-state index is 12.0. The Bertz CT molecular complexity index is 565. The maximum absolute atomic E-state index is 12.0. The SMILES string of the molecule is O=C1CCCCC(=O)N1Cc1ccccc1C#CCCO. The molecule has 4 nitrogen and oxygen atoms in total. The Hall–Kier alpha value is -2.12. The van der Waals surface area contributed by atoms with E-state index in [9.17, 15) is 9.59 Å². The molecule has 21 heavy (non-hydrogen) atoms. The molecule has 0 atom stereocenters. The van der Waals surface area contributed by atoms with Gasteiger partial charge < -0.3 is 5.11 Å². The van der Waals surface area contributed by atoms with Gasteiger partial charge in [-0.3, -0.25) is 14.5 Å². The minimum Gasteiger partial charge on any atom is -0.395 e. The standard InChI is InChI=1S/C17H19NO3/c19-12-6-5-8-14-7-1-2-9-15(14)13-18-16(20)10-3-4-11-17(18)21/h1-2,7,9,19H,3-4,6,10-13H2. The Kier molecular flexibility index (Phi) is 5.53. The lowest BCUT2D eigenvalue weighted by Gasteiger charge is -2.19. The van der Waals surface area contributed by atoms with Crippen LogP contribution in [0.5, 0.6) is 0 Å². The number of imide groups is 1. The van der Waals surface area contributed by atoms with Crippen LogP contribution in [0.2, 0.25) is 0 Å². The summed E-state index contributed by atoms with van der Waals surface area (Å²) in [6.45, 7) is 0.305. The average molecular weight is 285 g/mol. The van der Waals surface area contributed by atoms with Crippen molar-refractivity contribution >= 4 is 11.8 Å². The van der Waals surface area contributed by atoms with Crippen molar-refractivity contribution in [3.05, 3.63) is 35.4 Å². The normalized spacial score (nSPS) is 15.4. The Balaban J connectivity index is 2.20. The molecule has 2 rings (SSSR count). The summed E-state index contributed by atoms with van der Waals surface area (Å²) < 4.78 is 0. The minimum absolute atomic E-state index is 0.0261. The van der Waals surface area contributed by atoms with E-state index in [0.717, 1.165) is 24.0 Å². The van der Waals surface area contributed by atoms with Gasteiger partial charge in [0, 0.05) is 24.8 Å². The van der Waals surface area contributed by atoms with Crippen LogP contribution in [0.25, 0.3) is 0 Å². The number of aliphatic hydroxyl groups excluding tert-OH is 1. The third kappa shape index (κ3) is 4.17. The van der Waals surface area contributed by atoms with Crippen LogP contribution in [0.4, 0.5) is 0 Å². The van der Waals surface area contributed by atoms with Gasteiger partial charge in [0.25, 0.3) is 0 Å². The van der Waals surface area contributed by atoms with E-state index in [1.807, 2.05) is 24.3 Å². The lowest BCUT2D eigenvalue weighted by atomic mass is 10.1. The molecule has 1 fully saturated rings. The van der Waals surface area contributed by atoms with Crippen LogP contribution in [-0.2, 0) is 16.1 Å². The molecule has 0 spiro atoms. The predicted octanol–water partition coefficient (Wildman–Crippen LogP) is 1.85. The average Bonchev–Trinajstić information content (AvgIpc) is 2.64. The van der Waals surface area contributed by atoms with Gasteiger partial charge in [0.1, 0.15) is 0 Å². The number of benzene rings is 1. The zero-order valence-electron chi connectivity index (χ0n) is 12.0. The van der Waals surface area contributed by atoms with Gasteiger partial charge in [-0.25, -0.2) is 0 Å². The topological polar surface area (TPSA) is 57.6 Å². The number of hydrogen-bond donors (Lipinski definition) is 1. The van der Waals surface area contributed by atoms with Crippen LogP contribution >= 0.6 is 0 Å². The molecule has 1 aromatic rings. The first-order valence-corrected chi connectivity index (χ1v) is 7.23. The highest BCUT2D eigenvalue weighted by atomic mass is 16.2. The summed E-state index contributed by atoms with van der Waals surface area (Å²) in [7, 11) is 0. The molecule has 0 unspecified atom stereocenters. The van der Waals surface area contributed by atoms with Crippen LogP contribution in [-0.4, -0.2) is 28.4 Å². The van der Waals surface area contributed by atoms with Gasteiger partial charge in [-0.05, 0) is 24.5 Å². The summed E-state index contributed by atoms with van der Waals surface area (Å²) in [6, 6.07) is 7.50. The molecule has 0 aromatic heterocycles. The van der Waals surface area contributed by atoms with E-state index in [1.54, 1.807) is 0 Å². The number of likely N-dealkylation sites (tertiary alicyclic amines) is 1. The van der Waals surface area contributed by atoms with E-state index >= 15 is 0 Å². The number of carbonyl (C=O) groups excluding carboxylic acids is 2. The largest absolute Gasteiger partial charge is 0.395 e. The Morgan fingerprint density at radius 3 is 2.43 bits per heavy atom. The van der Waals surface area contributed by atoms with Crippen molar-refractivity contribution in [3.63, 3.8) is 0 Å². The Labute approximate surface area is 124 Å². The molecule has 1 aliphatic rings. The van der Waals surface area contributed by atoms with Crippen LogP contribution < -0.4 is 0 Å². The second kappa shape index (κ2) is 7.61. The summed E-state index contributed by atoms with van der Waals surface area (Å²) in [5.41, 5.74) is 1.67. The van der Waals surface area contributed by atoms with Crippen LogP contribution in [0, 0.1) is 11.8 Å². The van der Waals surface area contributed by atoms with Gasteiger partial charge in [0.05, 0.1) is 13.2 Å². The highest BCUT2D eigenvalue weighted by Crippen LogP contribution is 2.17. The number of aliphatic hydroxyl groups is 1. The maximum Gasteiger partial charge on any atom is 0.229 e. The van der Waals surface area contributed by atoms with Crippen molar-refractivity contribution in [1.82, 2.24) is 4.90 Å². The quantitative estimate of drug-likeness (QED) is 0.681. The van der Waals surface area contributed by atoms with E-state index in [2.05, 4.69) is 11.8 Å². The highest BCUT2D eigenvalue weighted by Gasteiger charge is 2.24. The van der Waals surface area contributed by atoms with E-state index < -0.39 is 0 Å². The van der Waals surface area contributed by atoms with Crippen molar-refractivity contribution in [2.24, 2.45) is 0 Å². The third-order valence-corrected chi connectivity index (χ3v) is 3.44. The monoisotopic (exact) mass is 285 g/mol. The first-order chi connectivity index (χ1) is 10.2. The van der Waals surface area contributed by atoms with Crippen molar-refractivity contribution < 1.29 is 14.7 Å².